The van der Waals surface area contributed by atoms with Crippen molar-refractivity contribution < 1.29 is 22.8 Å². The fraction of sp³-hybridized carbons (Fsp3) is 0.200. The first-order chi connectivity index (χ1) is 7.80. The molecule has 0 heterocycles. The number of nitrogens with zero attached hydrogens (tertiary/aromatic N) is 1. The summed E-state index contributed by atoms with van der Waals surface area (Å²) in [7, 11) is 0. The number of alkyl halides is 3. The topological polar surface area (TPSA) is 52.4 Å². The van der Waals surface area contributed by atoms with E-state index < -0.39 is 16.9 Å². The summed E-state index contributed by atoms with van der Waals surface area (Å²) in [5.41, 5.74) is 0.254. The molecule has 1 aromatic rings. The van der Waals surface area contributed by atoms with Crippen LogP contribution in [0.25, 0.3) is 0 Å². The van der Waals surface area contributed by atoms with Crippen LogP contribution in [-0.2, 0) is 11.3 Å². The van der Waals surface area contributed by atoms with Gasteiger partial charge in [0.15, 0.2) is 5.76 Å². The predicted octanol–water partition coefficient (Wildman–Crippen LogP) is 3.19. The van der Waals surface area contributed by atoms with E-state index in [0.717, 1.165) is 0 Å². The molecule has 1 rings (SSSR count). The molecule has 4 nitrogen and oxygen atoms in total. The quantitative estimate of drug-likeness (QED) is 0.466. The minimum absolute atomic E-state index is 0.136. The molecule has 1 aromatic carbocycles. The largest absolute Gasteiger partial charge is 0.485 e. The lowest BCUT2D eigenvalue weighted by Crippen LogP contribution is -2.13. The zero-order valence-electron chi connectivity index (χ0n) is 8.53. The molecule has 0 saturated carbocycles. The third kappa shape index (κ3) is 3.78. The third-order valence-electron chi connectivity index (χ3n) is 1.88. The van der Waals surface area contributed by atoms with E-state index >= 15 is 0 Å². The number of hydrogen-bond donors (Lipinski definition) is 0. The van der Waals surface area contributed by atoms with Crippen LogP contribution in [-0.4, -0.2) is 11.1 Å². The average molecular weight is 247 g/mol. The van der Waals surface area contributed by atoms with E-state index in [2.05, 4.69) is 11.3 Å². The van der Waals surface area contributed by atoms with Gasteiger partial charge >= 0.3 is 6.18 Å². The van der Waals surface area contributed by atoms with Crippen LogP contribution in [0, 0.1) is 10.1 Å². The van der Waals surface area contributed by atoms with Crippen molar-refractivity contribution in [2.75, 3.05) is 0 Å². The second-order valence-corrected chi connectivity index (χ2v) is 3.13. The molecule has 0 saturated heterocycles. The van der Waals surface area contributed by atoms with Crippen molar-refractivity contribution in [3.8, 4) is 0 Å². The van der Waals surface area contributed by atoms with Gasteiger partial charge in [0.25, 0.3) is 5.69 Å². The summed E-state index contributed by atoms with van der Waals surface area (Å²) >= 11 is 0. The van der Waals surface area contributed by atoms with Gasteiger partial charge < -0.3 is 4.74 Å². The predicted molar refractivity (Wildman–Crippen MR) is 53.1 cm³/mol. The van der Waals surface area contributed by atoms with Crippen molar-refractivity contribution in [1.82, 2.24) is 0 Å². The van der Waals surface area contributed by atoms with Crippen molar-refractivity contribution >= 4 is 5.69 Å². The highest BCUT2D eigenvalue weighted by atomic mass is 19.4. The van der Waals surface area contributed by atoms with Gasteiger partial charge in [-0.2, -0.15) is 13.2 Å². The van der Waals surface area contributed by atoms with Gasteiger partial charge in [0, 0.05) is 12.1 Å². The molecule has 0 unspecified atom stereocenters. The fourth-order valence-corrected chi connectivity index (χ4v) is 0.966. The van der Waals surface area contributed by atoms with E-state index in [0.29, 0.717) is 5.56 Å². The monoisotopic (exact) mass is 247 g/mol. The second kappa shape index (κ2) is 4.86. The number of benzene rings is 1. The van der Waals surface area contributed by atoms with E-state index in [9.17, 15) is 23.3 Å². The Labute approximate surface area is 94.5 Å². The van der Waals surface area contributed by atoms with E-state index in [1.54, 1.807) is 0 Å². The average Bonchev–Trinajstić information content (AvgIpc) is 2.25. The van der Waals surface area contributed by atoms with Gasteiger partial charge in [-0.05, 0) is 17.7 Å². The second-order valence-electron chi connectivity index (χ2n) is 3.13. The standard InChI is InChI=1S/C10H8F3NO3/c1-7(10(11,12)13)17-6-8-2-4-9(5-3-8)14(15)16/h2-5H,1,6H2. The van der Waals surface area contributed by atoms with E-state index in [-0.39, 0.29) is 12.3 Å². The molecule has 0 aliphatic rings. The maximum Gasteiger partial charge on any atom is 0.448 e. The maximum absolute atomic E-state index is 12.0. The Morgan fingerprint density at radius 1 is 1.35 bits per heavy atom. The minimum atomic E-state index is -4.60. The third-order valence-corrected chi connectivity index (χ3v) is 1.88. The highest BCUT2D eigenvalue weighted by molar-refractivity contribution is 5.32. The molecule has 0 amide bonds. The Morgan fingerprint density at radius 2 is 1.88 bits per heavy atom. The summed E-state index contributed by atoms with van der Waals surface area (Å²) in [6, 6.07) is 5.02. The Morgan fingerprint density at radius 3 is 2.29 bits per heavy atom. The molecule has 0 N–H and O–H groups in total. The molecule has 0 spiro atoms. The first-order valence-electron chi connectivity index (χ1n) is 4.43. The van der Waals surface area contributed by atoms with Gasteiger partial charge in [0.1, 0.15) is 6.61 Å². The molecule has 0 bridgehead atoms. The number of allylic oxidation sites excluding steroid dienone is 1. The summed E-state index contributed by atoms with van der Waals surface area (Å²) < 4.78 is 40.4. The van der Waals surface area contributed by atoms with Crippen LogP contribution in [0.1, 0.15) is 5.56 Å². The molecule has 0 radical (unpaired) electrons. The molecular weight excluding hydrogens is 239 g/mol. The molecule has 7 heteroatoms. The molecule has 0 aliphatic heterocycles. The van der Waals surface area contributed by atoms with Crippen molar-refractivity contribution in [2.45, 2.75) is 12.8 Å². The van der Waals surface area contributed by atoms with Gasteiger partial charge in [-0.1, -0.05) is 6.58 Å². The molecule has 0 aromatic heterocycles. The van der Waals surface area contributed by atoms with Crippen molar-refractivity contribution in [2.24, 2.45) is 0 Å². The summed E-state index contributed by atoms with van der Waals surface area (Å²) in [6.07, 6.45) is -4.60. The molecule has 0 aliphatic carbocycles. The van der Waals surface area contributed by atoms with Crippen LogP contribution in [0.2, 0.25) is 0 Å². The van der Waals surface area contributed by atoms with Gasteiger partial charge in [0.2, 0.25) is 0 Å². The summed E-state index contributed by atoms with van der Waals surface area (Å²) in [4.78, 5) is 9.72. The Bertz CT molecular complexity index is 425. The van der Waals surface area contributed by atoms with E-state index in [1.807, 2.05) is 0 Å². The summed E-state index contributed by atoms with van der Waals surface area (Å²) in [6.45, 7) is 2.39. The van der Waals surface area contributed by atoms with Gasteiger partial charge in [0.05, 0.1) is 4.92 Å². The fourth-order valence-electron chi connectivity index (χ4n) is 0.966. The van der Waals surface area contributed by atoms with Gasteiger partial charge in [-0.15, -0.1) is 0 Å². The van der Waals surface area contributed by atoms with Crippen LogP contribution in [0.3, 0.4) is 0 Å². The van der Waals surface area contributed by atoms with Gasteiger partial charge in [-0.3, -0.25) is 10.1 Å². The molecule has 0 atom stereocenters. The zero-order valence-corrected chi connectivity index (χ0v) is 8.53. The highest BCUT2D eigenvalue weighted by Crippen LogP contribution is 2.25. The molecule has 17 heavy (non-hydrogen) atoms. The smallest absolute Gasteiger partial charge is 0.448 e. The number of non-ortho nitro benzene ring substituents is 1. The molecule has 0 fully saturated rings. The number of rotatable bonds is 4. The lowest BCUT2D eigenvalue weighted by Gasteiger charge is -2.11. The zero-order chi connectivity index (χ0) is 13.1. The SMILES string of the molecule is C=C(OCc1ccc([N+](=O)[O-])cc1)C(F)(F)F. The minimum Gasteiger partial charge on any atom is -0.485 e. The number of nitro benzene ring substituents is 1. The van der Waals surface area contributed by atoms with E-state index in [4.69, 9.17) is 0 Å². The first kappa shape index (κ1) is 13.0. The first-order valence-corrected chi connectivity index (χ1v) is 4.43. The normalized spacial score (nSPS) is 11.0. The van der Waals surface area contributed by atoms with Crippen molar-refractivity contribution in [1.29, 1.82) is 0 Å². The summed E-state index contributed by atoms with van der Waals surface area (Å²) in [5, 5.41) is 10.3. The molecule has 92 valence electrons. The Hall–Kier alpha value is -2.05. The number of hydrogen-bond acceptors (Lipinski definition) is 3. The number of ether oxygens (including phenoxy) is 1. The number of nitro groups is 1. The Kier molecular flexibility index (Phi) is 3.72. The van der Waals surface area contributed by atoms with E-state index in [1.165, 1.54) is 24.3 Å². The molecular formula is C10H8F3NO3. The highest BCUT2D eigenvalue weighted by Gasteiger charge is 2.33. The van der Waals surface area contributed by atoms with Crippen LogP contribution in [0.5, 0.6) is 0 Å². The van der Waals surface area contributed by atoms with Crippen molar-refractivity contribution in [3.63, 3.8) is 0 Å². The van der Waals surface area contributed by atoms with Gasteiger partial charge in [-0.25, -0.2) is 0 Å². The Balaban J connectivity index is 2.59. The van der Waals surface area contributed by atoms with Crippen LogP contribution in [0.4, 0.5) is 18.9 Å². The van der Waals surface area contributed by atoms with Crippen LogP contribution < -0.4 is 0 Å². The maximum atomic E-state index is 12.0. The van der Waals surface area contributed by atoms with Crippen LogP contribution >= 0.6 is 0 Å². The van der Waals surface area contributed by atoms with Crippen LogP contribution in [0.15, 0.2) is 36.6 Å². The number of halogens is 3. The van der Waals surface area contributed by atoms with Crippen molar-refractivity contribution in [3.05, 3.63) is 52.3 Å². The lowest BCUT2D eigenvalue weighted by molar-refractivity contribution is -0.384. The lowest BCUT2D eigenvalue weighted by atomic mass is 10.2. The summed E-state index contributed by atoms with van der Waals surface area (Å²) in [5.74, 6) is -1.30.